The van der Waals surface area contributed by atoms with E-state index in [0.29, 0.717) is 30.2 Å². The molecule has 0 bridgehead atoms. The summed E-state index contributed by atoms with van der Waals surface area (Å²) in [5, 5.41) is 13.8. The number of rotatable bonds is 7. The number of amides is 1. The predicted molar refractivity (Wildman–Crippen MR) is 106 cm³/mol. The maximum atomic E-state index is 12.7. The van der Waals surface area contributed by atoms with Crippen LogP contribution in [0.4, 0.5) is 20.3 Å². The van der Waals surface area contributed by atoms with Crippen LogP contribution in [0.1, 0.15) is 12.3 Å². The third-order valence-electron chi connectivity index (χ3n) is 4.61. The fourth-order valence-electron chi connectivity index (χ4n) is 3.09. The van der Waals surface area contributed by atoms with Crippen molar-refractivity contribution in [1.29, 1.82) is 0 Å². The standard InChI is InChI=1S/C19H15ClF2N6O3/c1-2-18(7-9-24-16(18)29)17-28-27-15(30-17)14-12(4-3-8-23-14)26-13-6-5-11(10-25-13)31-19(20,21)22/h2-6,8,10H,1,7,9H2,(H,24,29)(H,25,26). The van der Waals surface area contributed by atoms with E-state index in [9.17, 15) is 13.6 Å². The van der Waals surface area contributed by atoms with Crippen molar-refractivity contribution < 1.29 is 22.7 Å². The summed E-state index contributed by atoms with van der Waals surface area (Å²) < 4.78 is 35.5. The van der Waals surface area contributed by atoms with Crippen molar-refractivity contribution in [2.24, 2.45) is 0 Å². The number of anilines is 2. The first-order valence-electron chi connectivity index (χ1n) is 9.01. The number of alkyl halides is 3. The maximum absolute atomic E-state index is 12.7. The zero-order valence-electron chi connectivity index (χ0n) is 15.8. The van der Waals surface area contributed by atoms with E-state index in [2.05, 4.69) is 42.1 Å². The number of aromatic nitrogens is 4. The average molecular weight is 449 g/mol. The molecule has 1 atom stereocenters. The minimum Gasteiger partial charge on any atom is -0.418 e. The third-order valence-corrected chi connectivity index (χ3v) is 4.69. The summed E-state index contributed by atoms with van der Waals surface area (Å²) in [6.45, 7) is 4.21. The Morgan fingerprint density at radius 3 is 2.81 bits per heavy atom. The number of pyridine rings is 2. The average Bonchev–Trinajstić information content (AvgIpc) is 3.36. The van der Waals surface area contributed by atoms with E-state index >= 15 is 0 Å². The van der Waals surface area contributed by atoms with Gasteiger partial charge in [-0.3, -0.25) is 4.79 Å². The van der Waals surface area contributed by atoms with Crippen LogP contribution in [0.3, 0.4) is 0 Å². The Balaban J connectivity index is 1.59. The van der Waals surface area contributed by atoms with Crippen molar-refractivity contribution >= 4 is 29.0 Å². The molecule has 31 heavy (non-hydrogen) atoms. The fraction of sp³-hybridized carbons (Fsp3) is 0.211. The molecule has 160 valence electrons. The molecule has 1 aliphatic heterocycles. The third kappa shape index (κ3) is 4.17. The molecule has 0 aromatic carbocycles. The van der Waals surface area contributed by atoms with Gasteiger partial charge in [-0.1, -0.05) is 6.08 Å². The van der Waals surface area contributed by atoms with Gasteiger partial charge in [0.2, 0.25) is 11.8 Å². The Morgan fingerprint density at radius 2 is 2.16 bits per heavy atom. The van der Waals surface area contributed by atoms with Gasteiger partial charge in [0.05, 0.1) is 11.9 Å². The lowest BCUT2D eigenvalue weighted by Gasteiger charge is -2.15. The number of hydrogen-bond acceptors (Lipinski definition) is 8. The lowest BCUT2D eigenvalue weighted by Crippen LogP contribution is -2.33. The Hall–Kier alpha value is -3.60. The molecule has 4 rings (SSSR count). The molecule has 1 aliphatic rings. The van der Waals surface area contributed by atoms with Crippen molar-refractivity contribution in [2.75, 3.05) is 11.9 Å². The summed E-state index contributed by atoms with van der Waals surface area (Å²) in [4.78, 5) is 20.6. The summed E-state index contributed by atoms with van der Waals surface area (Å²) in [5.41, 5.74) is -4.14. The topological polar surface area (TPSA) is 115 Å². The van der Waals surface area contributed by atoms with Crippen molar-refractivity contribution in [3.05, 3.63) is 55.2 Å². The normalized spacial score (nSPS) is 18.5. The van der Waals surface area contributed by atoms with Crippen LogP contribution in [0, 0.1) is 0 Å². The molecule has 3 aromatic rings. The molecule has 1 fully saturated rings. The van der Waals surface area contributed by atoms with Gasteiger partial charge >= 0.3 is 5.57 Å². The molecule has 0 saturated carbocycles. The van der Waals surface area contributed by atoms with E-state index in [4.69, 9.17) is 16.0 Å². The molecule has 1 unspecified atom stereocenters. The van der Waals surface area contributed by atoms with Crippen LogP contribution in [0.5, 0.6) is 5.75 Å². The van der Waals surface area contributed by atoms with Gasteiger partial charge in [-0.15, -0.1) is 25.6 Å². The van der Waals surface area contributed by atoms with Crippen LogP contribution >= 0.6 is 11.6 Å². The molecule has 12 heteroatoms. The van der Waals surface area contributed by atoms with E-state index in [1.54, 1.807) is 12.1 Å². The number of hydrogen-bond donors (Lipinski definition) is 2. The van der Waals surface area contributed by atoms with E-state index in [-0.39, 0.29) is 23.4 Å². The Labute approximate surface area is 179 Å². The van der Waals surface area contributed by atoms with Crippen LogP contribution in [0.15, 0.2) is 53.7 Å². The highest BCUT2D eigenvalue weighted by atomic mass is 35.5. The summed E-state index contributed by atoms with van der Waals surface area (Å²) in [6.07, 6.45) is 4.56. The molecule has 9 nitrogen and oxygen atoms in total. The smallest absolute Gasteiger partial charge is 0.418 e. The van der Waals surface area contributed by atoms with Crippen LogP contribution < -0.4 is 15.4 Å². The van der Waals surface area contributed by atoms with Gasteiger partial charge < -0.3 is 19.8 Å². The lowest BCUT2D eigenvalue weighted by atomic mass is 9.86. The zero-order valence-corrected chi connectivity index (χ0v) is 16.6. The molecule has 0 aliphatic carbocycles. The molecule has 1 amide bonds. The molecule has 1 saturated heterocycles. The number of nitrogens with one attached hydrogen (secondary N) is 2. The maximum Gasteiger partial charge on any atom is 0.487 e. The minimum atomic E-state index is -3.83. The predicted octanol–water partition coefficient (Wildman–Crippen LogP) is 3.38. The van der Waals surface area contributed by atoms with Crippen LogP contribution in [-0.2, 0) is 10.2 Å². The second-order valence-electron chi connectivity index (χ2n) is 6.55. The summed E-state index contributed by atoms with van der Waals surface area (Å²) in [7, 11) is 0. The molecule has 4 heterocycles. The number of nitrogens with zero attached hydrogens (tertiary/aromatic N) is 4. The summed E-state index contributed by atoms with van der Waals surface area (Å²) in [5.74, 6) is 0.0534. The second kappa shape index (κ2) is 7.91. The molecule has 3 aromatic heterocycles. The first-order chi connectivity index (χ1) is 14.8. The zero-order chi connectivity index (χ0) is 22.1. The lowest BCUT2D eigenvalue weighted by molar-refractivity contribution is -0.123. The quantitative estimate of drug-likeness (QED) is 0.417. The summed E-state index contributed by atoms with van der Waals surface area (Å²) >= 11 is 4.74. The van der Waals surface area contributed by atoms with Crippen molar-refractivity contribution in [2.45, 2.75) is 17.4 Å². The van der Waals surface area contributed by atoms with E-state index in [1.807, 2.05) is 0 Å². The largest absolute Gasteiger partial charge is 0.487 e. The molecule has 0 spiro atoms. The number of halogens is 3. The number of carbonyl (C=O) groups is 1. The van der Waals surface area contributed by atoms with Crippen LogP contribution in [-0.4, -0.2) is 38.2 Å². The van der Waals surface area contributed by atoms with Gasteiger partial charge in [0.15, 0.2) is 5.69 Å². The number of ether oxygens (including phenoxy) is 1. The van der Waals surface area contributed by atoms with Gasteiger partial charge in [0.1, 0.15) is 17.0 Å². The van der Waals surface area contributed by atoms with Crippen molar-refractivity contribution in [3.8, 4) is 17.3 Å². The van der Waals surface area contributed by atoms with E-state index < -0.39 is 11.0 Å². The highest BCUT2D eigenvalue weighted by molar-refractivity contribution is 6.20. The Kier molecular flexibility index (Phi) is 5.27. The highest BCUT2D eigenvalue weighted by Crippen LogP contribution is 2.35. The molecule has 0 radical (unpaired) electrons. The fourth-order valence-corrected chi connectivity index (χ4v) is 3.18. The highest BCUT2D eigenvalue weighted by Gasteiger charge is 2.46. The summed E-state index contributed by atoms with van der Waals surface area (Å²) in [6, 6.07) is 6.06. The van der Waals surface area contributed by atoms with Crippen LogP contribution in [0.2, 0.25) is 0 Å². The van der Waals surface area contributed by atoms with Gasteiger partial charge in [0.25, 0.3) is 5.89 Å². The molecule has 2 N–H and O–H groups in total. The van der Waals surface area contributed by atoms with Crippen molar-refractivity contribution in [1.82, 2.24) is 25.5 Å². The van der Waals surface area contributed by atoms with Gasteiger partial charge in [-0.25, -0.2) is 9.97 Å². The SMILES string of the molecule is C=CC1(c2nnc(-c3ncccc3Nc3ccc(OC(F)(F)Cl)cn3)o2)CCNC1=O. The Bertz CT molecular complexity index is 1120. The van der Waals surface area contributed by atoms with Gasteiger partial charge in [0, 0.05) is 24.3 Å². The molecular formula is C19H15ClF2N6O3. The number of carbonyl (C=O) groups excluding carboxylic acids is 1. The van der Waals surface area contributed by atoms with Gasteiger partial charge in [-0.2, -0.15) is 0 Å². The second-order valence-corrected chi connectivity index (χ2v) is 6.99. The van der Waals surface area contributed by atoms with Crippen molar-refractivity contribution in [3.63, 3.8) is 0 Å². The Morgan fingerprint density at radius 1 is 1.32 bits per heavy atom. The monoisotopic (exact) mass is 448 g/mol. The van der Waals surface area contributed by atoms with Gasteiger partial charge in [-0.05, 0) is 30.7 Å². The van der Waals surface area contributed by atoms with E-state index in [1.165, 1.54) is 24.4 Å². The van der Waals surface area contributed by atoms with E-state index in [0.717, 1.165) is 6.20 Å². The first-order valence-corrected chi connectivity index (χ1v) is 9.39. The molecular weight excluding hydrogens is 434 g/mol. The first kappa shape index (κ1) is 20.7. The minimum absolute atomic E-state index is 0.0840. The van der Waals surface area contributed by atoms with Crippen LogP contribution in [0.25, 0.3) is 11.6 Å².